The van der Waals surface area contributed by atoms with Gasteiger partial charge in [-0.05, 0) is 52.0 Å². The van der Waals surface area contributed by atoms with Gasteiger partial charge in [0.2, 0.25) is 0 Å². The second kappa shape index (κ2) is 4.97. The lowest BCUT2D eigenvalue weighted by molar-refractivity contribution is -0.153. The van der Waals surface area contributed by atoms with Gasteiger partial charge in [-0.1, -0.05) is 6.92 Å². The second-order valence-corrected chi connectivity index (χ2v) is 5.53. The van der Waals surface area contributed by atoms with Crippen molar-refractivity contribution in [1.29, 1.82) is 0 Å². The Kier molecular flexibility index (Phi) is 4.14. The van der Waals surface area contributed by atoms with E-state index in [0.29, 0.717) is 12.5 Å². The normalized spacial score (nSPS) is 18.7. The van der Waals surface area contributed by atoms with Crippen molar-refractivity contribution in [3.8, 4) is 0 Å². The Hall–Kier alpha value is -0.570. The van der Waals surface area contributed by atoms with Gasteiger partial charge in [-0.3, -0.25) is 4.79 Å². The van der Waals surface area contributed by atoms with Gasteiger partial charge in [0.1, 0.15) is 5.60 Å². The highest BCUT2D eigenvalue weighted by atomic mass is 16.6. The highest BCUT2D eigenvalue weighted by molar-refractivity contribution is 5.72. The Morgan fingerprint density at radius 2 is 2.07 bits per heavy atom. The summed E-state index contributed by atoms with van der Waals surface area (Å²) < 4.78 is 5.19. The van der Waals surface area contributed by atoms with Crippen LogP contribution in [0.4, 0.5) is 0 Å². The molecule has 0 heterocycles. The topological polar surface area (TPSA) is 38.3 Å². The van der Waals surface area contributed by atoms with Crippen molar-refractivity contribution in [2.24, 2.45) is 11.8 Å². The van der Waals surface area contributed by atoms with Crippen LogP contribution in [0.15, 0.2) is 0 Å². The molecule has 0 bridgehead atoms. The molecule has 0 aromatic rings. The third-order valence-corrected chi connectivity index (χ3v) is 2.58. The van der Waals surface area contributed by atoms with Gasteiger partial charge in [-0.2, -0.15) is 0 Å². The summed E-state index contributed by atoms with van der Waals surface area (Å²) in [6.07, 6.45) is 2.71. The maximum absolute atomic E-state index is 11.3. The summed E-state index contributed by atoms with van der Waals surface area (Å²) in [5.74, 6) is 1.41. The van der Waals surface area contributed by atoms with Crippen molar-refractivity contribution < 1.29 is 9.53 Å². The number of nitrogens with one attached hydrogen (secondary N) is 1. The molecule has 3 heteroatoms. The molecule has 1 N–H and O–H groups in total. The number of hydrogen-bond acceptors (Lipinski definition) is 3. The molecule has 15 heavy (non-hydrogen) atoms. The third kappa shape index (κ3) is 5.78. The van der Waals surface area contributed by atoms with Crippen LogP contribution in [-0.4, -0.2) is 24.7 Å². The molecular formula is C12H23NO2. The summed E-state index contributed by atoms with van der Waals surface area (Å²) in [5, 5.41) is 3.15. The lowest BCUT2D eigenvalue weighted by Crippen LogP contribution is -2.33. The van der Waals surface area contributed by atoms with Crippen LogP contribution in [-0.2, 0) is 9.53 Å². The summed E-state index contributed by atoms with van der Waals surface area (Å²) in [6, 6.07) is 0. The molecule has 0 spiro atoms. The van der Waals surface area contributed by atoms with Crippen LogP contribution in [0.3, 0.4) is 0 Å². The molecule has 0 saturated heterocycles. The van der Waals surface area contributed by atoms with Gasteiger partial charge in [0, 0.05) is 0 Å². The molecule has 1 atom stereocenters. The first-order chi connectivity index (χ1) is 6.88. The molecule has 1 fully saturated rings. The van der Waals surface area contributed by atoms with E-state index in [-0.39, 0.29) is 11.6 Å². The molecule has 1 aliphatic carbocycles. The van der Waals surface area contributed by atoms with Gasteiger partial charge in [0.25, 0.3) is 0 Å². The van der Waals surface area contributed by atoms with Crippen LogP contribution < -0.4 is 5.32 Å². The van der Waals surface area contributed by atoms with Gasteiger partial charge >= 0.3 is 5.97 Å². The molecule has 1 saturated carbocycles. The third-order valence-electron chi connectivity index (χ3n) is 2.58. The average Bonchev–Trinajstić information content (AvgIpc) is 2.81. The second-order valence-electron chi connectivity index (χ2n) is 5.53. The monoisotopic (exact) mass is 213 g/mol. The number of rotatable bonds is 5. The molecule has 0 radical (unpaired) electrons. The molecule has 1 aliphatic rings. The minimum absolute atomic E-state index is 0.162. The van der Waals surface area contributed by atoms with E-state index < -0.39 is 0 Å². The van der Waals surface area contributed by atoms with E-state index in [1.54, 1.807) is 0 Å². The Labute approximate surface area is 92.6 Å². The summed E-state index contributed by atoms with van der Waals surface area (Å²) in [5.41, 5.74) is -0.374. The van der Waals surface area contributed by atoms with Crippen LogP contribution in [0.5, 0.6) is 0 Å². The lowest BCUT2D eigenvalue weighted by Gasteiger charge is -2.20. The van der Waals surface area contributed by atoms with Gasteiger partial charge < -0.3 is 10.1 Å². The first-order valence-electron chi connectivity index (χ1n) is 5.81. The molecule has 0 aliphatic heterocycles. The zero-order valence-corrected chi connectivity index (χ0v) is 10.3. The smallest absolute Gasteiger partial charge is 0.320 e. The minimum atomic E-state index is -0.374. The van der Waals surface area contributed by atoms with E-state index in [1.165, 1.54) is 12.8 Å². The molecular weight excluding hydrogens is 190 g/mol. The van der Waals surface area contributed by atoms with Crippen molar-refractivity contribution in [1.82, 2.24) is 5.32 Å². The summed E-state index contributed by atoms with van der Waals surface area (Å²) in [4.78, 5) is 11.3. The fourth-order valence-corrected chi connectivity index (χ4v) is 1.61. The maximum Gasteiger partial charge on any atom is 0.320 e. The quantitative estimate of drug-likeness (QED) is 0.709. The Bertz CT molecular complexity index is 216. The maximum atomic E-state index is 11.3. The fourth-order valence-electron chi connectivity index (χ4n) is 1.61. The summed E-state index contributed by atoms with van der Waals surface area (Å²) in [6.45, 7) is 9.14. The van der Waals surface area contributed by atoms with E-state index in [0.717, 1.165) is 12.5 Å². The SMILES string of the molecule is CC(CNCC(=O)OC(C)(C)C)C1CC1. The van der Waals surface area contributed by atoms with Crippen molar-refractivity contribution in [2.75, 3.05) is 13.1 Å². The molecule has 0 aromatic carbocycles. The first-order valence-corrected chi connectivity index (χ1v) is 5.81. The summed E-state index contributed by atoms with van der Waals surface area (Å²) >= 11 is 0. The first kappa shape index (κ1) is 12.5. The van der Waals surface area contributed by atoms with Gasteiger partial charge in [0.05, 0.1) is 6.54 Å². The van der Waals surface area contributed by atoms with E-state index in [2.05, 4.69) is 12.2 Å². The summed E-state index contributed by atoms with van der Waals surface area (Å²) in [7, 11) is 0. The molecule has 88 valence electrons. The lowest BCUT2D eigenvalue weighted by atomic mass is 10.1. The van der Waals surface area contributed by atoms with Crippen LogP contribution in [0.2, 0.25) is 0 Å². The van der Waals surface area contributed by atoms with Gasteiger partial charge in [-0.15, -0.1) is 0 Å². The van der Waals surface area contributed by atoms with Crippen LogP contribution in [0.25, 0.3) is 0 Å². The van der Waals surface area contributed by atoms with Crippen molar-refractivity contribution >= 4 is 5.97 Å². The molecule has 1 unspecified atom stereocenters. The highest BCUT2D eigenvalue weighted by Crippen LogP contribution is 2.35. The molecule has 1 rings (SSSR count). The van der Waals surface area contributed by atoms with Crippen molar-refractivity contribution in [3.63, 3.8) is 0 Å². The van der Waals surface area contributed by atoms with Gasteiger partial charge in [-0.25, -0.2) is 0 Å². The fraction of sp³-hybridized carbons (Fsp3) is 0.917. The molecule has 0 amide bonds. The number of carbonyl (C=O) groups excluding carboxylic acids is 1. The Balaban J connectivity index is 2.06. The van der Waals surface area contributed by atoms with E-state index in [9.17, 15) is 4.79 Å². The van der Waals surface area contributed by atoms with Crippen LogP contribution in [0.1, 0.15) is 40.5 Å². The van der Waals surface area contributed by atoms with E-state index in [4.69, 9.17) is 4.74 Å². The van der Waals surface area contributed by atoms with Crippen LogP contribution in [0, 0.1) is 11.8 Å². The number of carbonyl (C=O) groups is 1. The van der Waals surface area contributed by atoms with E-state index >= 15 is 0 Å². The zero-order chi connectivity index (χ0) is 11.5. The minimum Gasteiger partial charge on any atom is -0.459 e. The predicted molar refractivity (Wildman–Crippen MR) is 60.6 cm³/mol. The number of esters is 1. The largest absolute Gasteiger partial charge is 0.459 e. The number of ether oxygens (including phenoxy) is 1. The predicted octanol–water partition coefficient (Wildman–Crippen LogP) is 1.96. The highest BCUT2D eigenvalue weighted by Gasteiger charge is 2.27. The Morgan fingerprint density at radius 3 is 2.53 bits per heavy atom. The van der Waals surface area contributed by atoms with Gasteiger partial charge in [0.15, 0.2) is 0 Å². The number of hydrogen-bond donors (Lipinski definition) is 1. The molecule has 0 aromatic heterocycles. The zero-order valence-electron chi connectivity index (χ0n) is 10.3. The average molecular weight is 213 g/mol. The standard InChI is InChI=1S/C12H23NO2/c1-9(10-5-6-10)7-13-8-11(14)15-12(2,3)4/h9-10,13H,5-8H2,1-4H3. The van der Waals surface area contributed by atoms with Crippen molar-refractivity contribution in [2.45, 2.75) is 46.1 Å². The molecule has 3 nitrogen and oxygen atoms in total. The van der Waals surface area contributed by atoms with Crippen LogP contribution >= 0.6 is 0 Å². The Morgan fingerprint density at radius 1 is 1.47 bits per heavy atom. The van der Waals surface area contributed by atoms with E-state index in [1.807, 2.05) is 20.8 Å². The van der Waals surface area contributed by atoms with Crippen molar-refractivity contribution in [3.05, 3.63) is 0 Å².